The van der Waals surface area contributed by atoms with Crippen molar-refractivity contribution in [2.75, 3.05) is 5.32 Å². The summed E-state index contributed by atoms with van der Waals surface area (Å²) in [6.07, 6.45) is 1.53. The first-order valence-corrected chi connectivity index (χ1v) is 10.00. The molecule has 0 fully saturated rings. The maximum atomic E-state index is 13.2. The van der Waals surface area contributed by atoms with Gasteiger partial charge in [-0.25, -0.2) is 13.6 Å². The monoisotopic (exact) mass is 418 g/mol. The summed E-state index contributed by atoms with van der Waals surface area (Å²) in [5.74, 6) is -0.443. The second kappa shape index (κ2) is 7.20. The van der Waals surface area contributed by atoms with Gasteiger partial charge in [0.05, 0.1) is 28.8 Å². The third kappa shape index (κ3) is 3.15. The fourth-order valence-electron chi connectivity index (χ4n) is 3.18. The molecule has 0 saturated carbocycles. The highest BCUT2D eigenvalue weighted by molar-refractivity contribution is 7.15. The number of fused-ring (bicyclic) bond motifs is 1. The average molecular weight is 418 g/mol. The number of rotatable bonds is 4. The zero-order chi connectivity index (χ0) is 20.7. The number of halogens is 1. The number of nitrogens with zero attached hydrogens (tertiary/aromatic N) is 5. The summed E-state index contributed by atoms with van der Waals surface area (Å²) in [6, 6.07) is 15.7. The van der Waals surface area contributed by atoms with E-state index in [1.807, 2.05) is 42.6 Å². The molecule has 30 heavy (non-hydrogen) atoms. The molecule has 0 spiro atoms. The maximum absolute atomic E-state index is 13.2. The van der Waals surface area contributed by atoms with Gasteiger partial charge in [-0.2, -0.15) is 10.1 Å². The van der Waals surface area contributed by atoms with Crippen LogP contribution in [0.4, 0.5) is 10.3 Å². The lowest BCUT2D eigenvalue weighted by Gasteiger charge is -2.05. The maximum Gasteiger partial charge on any atom is 0.261 e. The number of para-hydroxylation sites is 1. The fourth-order valence-corrected chi connectivity index (χ4v) is 4.02. The zero-order valence-corrected chi connectivity index (χ0v) is 16.6. The lowest BCUT2D eigenvalue weighted by molar-refractivity contribution is 0.102. The van der Waals surface area contributed by atoms with Crippen LogP contribution in [-0.4, -0.2) is 30.3 Å². The van der Waals surface area contributed by atoms with Crippen LogP contribution in [-0.2, 0) is 0 Å². The number of carbonyl (C=O) groups excluding carboxylic acids is 1. The molecule has 1 amide bonds. The third-order valence-corrected chi connectivity index (χ3v) is 5.52. The normalized spacial score (nSPS) is 11.1. The summed E-state index contributed by atoms with van der Waals surface area (Å²) < 4.78 is 16.5. The molecule has 0 atom stereocenters. The van der Waals surface area contributed by atoms with E-state index in [0.29, 0.717) is 16.2 Å². The molecule has 0 aliphatic carbocycles. The van der Waals surface area contributed by atoms with Gasteiger partial charge in [0.25, 0.3) is 11.9 Å². The van der Waals surface area contributed by atoms with Crippen molar-refractivity contribution in [2.45, 2.75) is 6.92 Å². The molecule has 2 aromatic carbocycles. The number of anilines is 1. The molecule has 5 rings (SSSR count). The summed E-state index contributed by atoms with van der Waals surface area (Å²) in [5.41, 5.74) is 3.61. The van der Waals surface area contributed by atoms with Crippen molar-refractivity contribution in [3.63, 3.8) is 0 Å². The standard InChI is InChI=1S/C21H15FN6OS/c1-13-17(11-23-27(13)16-5-3-2-4-6-16)19(29)24-20-25-21-28(26-20)18(12-30-21)14-7-9-15(22)10-8-14/h2-12H,1H3,(H,24,26,29). The van der Waals surface area contributed by atoms with Crippen LogP contribution < -0.4 is 5.32 Å². The minimum Gasteiger partial charge on any atom is -0.289 e. The molecule has 0 aliphatic rings. The van der Waals surface area contributed by atoms with Gasteiger partial charge in [-0.05, 0) is 43.3 Å². The van der Waals surface area contributed by atoms with Gasteiger partial charge >= 0.3 is 0 Å². The first-order valence-electron chi connectivity index (χ1n) is 9.12. The second-order valence-electron chi connectivity index (χ2n) is 6.60. The molecule has 1 N–H and O–H groups in total. The van der Waals surface area contributed by atoms with E-state index in [4.69, 9.17) is 0 Å². The summed E-state index contributed by atoms with van der Waals surface area (Å²) in [7, 11) is 0. The Hall–Kier alpha value is -3.85. The van der Waals surface area contributed by atoms with Gasteiger partial charge in [-0.3, -0.25) is 10.1 Å². The molecule has 3 aromatic heterocycles. The van der Waals surface area contributed by atoms with Crippen molar-refractivity contribution < 1.29 is 9.18 Å². The summed E-state index contributed by atoms with van der Waals surface area (Å²) in [4.78, 5) is 17.8. The minimum atomic E-state index is -0.337. The number of thiazole rings is 1. The summed E-state index contributed by atoms with van der Waals surface area (Å²) >= 11 is 1.39. The number of hydrogen-bond acceptors (Lipinski definition) is 5. The van der Waals surface area contributed by atoms with Crippen LogP contribution in [0.1, 0.15) is 16.1 Å². The van der Waals surface area contributed by atoms with Gasteiger partial charge in [0.1, 0.15) is 5.82 Å². The lowest BCUT2D eigenvalue weighted by atomic mass is 10.2. The number of amides is 1. The zero-order valence-electron chi connectivity index (χ0n) is 15.8. The summed E-state index contributed by atoms with van der Waals surface area (Å²) in [5, 5.41) is 13.3. The molecule has 5 aromatic rings. The van der Waals surface area contributed by atoms with Gasteiger partial charge in [0.15, 0.2) is 0 Å². The van der Waals surface area contributed by atoms with Crippen LogP contribution in [0.15, 0.2) is 66.2 Å². The molecular weight excluding hydrogens is 403 g/mol. The molecule has 0 aliphatic heterocycles. The number of nitrogens with one attached hydrogen (secondary N) is 1. The number of aromatic nitrogens is 5. The lowest BCUT2D eigenvalue weighted by Crippen LogP contribution is -2.14. The minimum absolute atomic E-state index is 0.196. The van der Waals surface area contributed by atoms with Gasteiger partial charge in [0, 0.05) is 10.9 Å². The molecular formula is C21H15FN6OS. The predicted molar refractivity (Wildman–Crippen MR) is 113 cm³/mol. The number of carbonyl (C=O) groups is 1. The van der Waals surface area contributed by atoms with Crippen molar-refractivity contribution in [1.82, 2.24) is 24.4 Å². The van der Waals surface area contributed by atoms with Crippen molar-refractivity contribution >= 4 is 28.2 Å². The van der Waals surface area contributed by atoms with E-state index in [9.17, 15) is 9.18 Å². The van der Waals surface area contributed by atoms with E-state index < -0.39 is 0 Å². The molecule has 3 heterocycles. The Bertz CT molecular complexity index is 1350. The molecule has 9 heteroatoms. The quantitative estimate of drug-likeness (QED) is 0.471. The van der Waals surface area contributed by atoms with E-state index in [-0.39, 0.29) is 17.7 Å². The second-order valence-corrected chi connectivity index (χ2v) is 7.44. The number of benzene rings is 2. The van der Waals surface area contributed by atoms with Crippen LogP contribution in [0.3, 0.4) is 0 Å². The smallest absolute Gasteiger partial charge is 0.261 e. The highest BCUT2D eigenvalue weighted by Crippen LogP contribution is 2.26. The van der Waals surface area contributed by atoms with E-state index >= 15 is 0 Å². The van der Waals surface area contributed by atoms with Gasteiger partial charge in [-0.1, -0.05) is 18.2 Å². The molecule has 0 saturated heterocycles. The first kappa shape index (κ1) is 18.2. The Balaban J connectivity index is 1.42. The van der Waals surface area contributed by atoms with Crippen LogP contribution >= 0.6 is 11.3 Å². The number of hydrogen-bond donors (Lipinski definition) is 1. The van der Waals surface area contributed by atoms with E-state index in [0.717, 1.165) is 16.9 Å². The van der Waals surface area contributed by atoms with Crippen molar-refractivity contribution in [3.8, 4) is 16.9 Å². The van der Waals surface area contributed by atoms with E-state index in [1.54, 1.807) is 21.3 Å². The highest BCUT2D eigenvalue weighted by atomic mass is 32.1. The molecule has 0 unspecified atom stereocenters. The Morgan fingerprint density at radius 3 is 2.63 bits per heavy atom. The van der Waals surface area contributed by atoms with Crippen LogP contribution in [0.25, 0.3) is 21.9 Å². The topological polar surface area (TPSA) is 77.1 Å². The van der Waals surface area contributed by atoms with Gasteiger partial charge < -0.3 is 0 Å². The van der Waals surface area contributed by atoms with Gasteiger partial charge in [-0.15, -0.1) is 16.4 Å². The van der Waals surface area contributed by atoms with Crippen molar-refractivity contribution in [2.24, 2.45) is 0 Å². The average Bonchev–Trinajstić information content (AvgIpc) is 3.43. The SMILES string of the molecule is Cc1c(C(=O)Nc2nc3scc(-c4ccc(F)cc4)n3n2)cnn1-c1ccccc1. The molecule has 0 bridgehead atoms. The van der Waals surface area contributed by atoms with Crippen molar-refractivity contribution in [1.29, 1.82) is 0 Å². The Kier molecular flexibility index (Phi) is 4.36. The van der Waals surface area contributed by atoms with Crippen LogP contribution in [0.2, 0.25) is 0 Å². The van der Waals surface area contributed by atoms with E-state index in [2.05, 4.69) is 20.5 Å². The van der Waals surface area contributed by atoms with E-state index in [1.165, 1.54) is 29.7 Å². The predicted octanol–water partition coefficient (Wildman–Crippen LogP) is 4.34. The fraction of sp³-hybridized carbons (Fsp3) is 0.0476. The Labute approximate surface area is 174 Å². The third-order valence-electron chi connectivity index (χ3n) is 4.70. The van der Waals surface area contributed by atoms with Crippen molar-refractivity contribution in [3.05, 3.63) is 83.2 Å². The molecule has 7 nitrogen and oxygen atoms in total. The highest BCUT2D eigenvalue weighted by Gasteiger charge is 2.18. The Morgan fingerprint density at radius 1 is 1.10 bits per heavy atom. The largest absolute Gasteiger partial charge is 0.289 e. The van der Waals surface area contributed by atoms with Crippen LogP contribution in [0, 0.1) is 12.7 Å². The molecule has 0 radical (unpaired) electrons. The van der Waals surface area contributed by atoms with Crippen LogP contribution in [0.5, 0.6) is 0 Å². The molecule has 148 valence electrons. The first-order chi connectivity index (χ1) is 14.6. The van der Waals surface area contributed by atoms with Gasteiger partial charge in [0.2, 0.25) is 4.96 Å². The summed E-state index contributed by atoms with van der Waals surface area (Å²) in [6.45, 7) is 1.83. The Morgan fingerprint density at radius 2 is 1.87 bits per heavy atom.